The minimum atomic E-state index is -1.08. The number of fused-ring (bicyclic) bond motifs is 3. The zero-order valence-electron chi connectivity index (χ0n) is 20.5. The van der Waals surface area contributed by atoms with E-state index in [2.05, 4.69) is 34.9 Å². The minimum absolute atomic E-state index is 0.0225. The molecule has 3 rings (SSSR count). The number of amides is 2. The van der Waals surface area contributed by atoms with Crippen LogP contribution in [0.2, 0.25) is 0 Å². The monoisotopic (exact) mass is 466 g/mol. The van der Waals surface area contributed by atoms with Crippen LogP contribution in [-0.4, -0.2) is 42.3 Å². The van der Waals surface area contributed by atoms with Crippen molar-refractivity contribution in [2.24, 2.45) is 10.8 Å². The summed E-state index contributed by atoms with van der Waals surface area (Å²) in [5, 5.41) is 14.8. The van der Waals surface area contributed by atoms with Crippen LogP contribution in [0.5, 0.6) is 0 Å². The van der Waals surface area contributed by atoms with E-state index in [0.717, 1.165) is 22.3 Å². The fraction of sp³-hybridized carbons (Fsp3) is 0.444. The second-order valence-corrected chi connectivity index (χ2v) is 10.5. The van der Waals surface area contributed by atoms with E-state index in [4.69, 9.17) is 4.74 Å². The molecule has 0 saturated heterocycles. The smallest absolute Gasteiger partial charge is 0.407 e. The summed E-state index contributed by atoms with van der Waals surface area (Å²) >= 11 is 0. The lowest BCUT2D eigenvalue weighted by molar-refractivity contribution is -0.146. The van der Waals surface area contributed by atoms with E-state index in [9.17, 15) is 19.5 Å². The van der Waals surface area contributed by atoms with Gasteiger partial charge in [0.1, 0.15) is 12.6 Å². The van der Waals surface area contributed by atoms with Crippen LogP contribution in [0.15, 0.2) is 48.5 Å². The van der Waals surface area contributed by atoms with Crippen LogP contribution in [0.4, 0.5) is 4.79 Å². The molecular weight excluding hydrogens is 432 g/mol. The van der Waals surface area contributed by atoms with Gasteiger partial charge in [0.25, 0.3) is 0 Å². The van der Waals surface area contributed by atoms with Crippen molar-refractivity contribution in [3.63, 3.8) is 0 Å². The number of carboxylic acid groups (broad SMARTS) is 1. The molecule has 0 radical (unpaired) electrons. The molecule has 182 valence electrons. The third-order valence-corrected chi connectivity index (χ3v) is 6.37. The van der Waals surface area contributed by atoms with Gasteiger partial charge in [0.05, 0.1) is 0 Å². The lowest BCUT2D eigenvalue weighted by atomic mass is 9.83. The summed E-state index contributed by atoms with van der Waals surface area (Å²) in [6.07, 6.45) is -0.212. The summed E-state index contributed by atoms with van der Waals surface area (Å²) in [5.74, 6) is -1.47. The fourth-order valence-electron chi connectivity index (χ4n) is 4.22. The molecule has 0 spiro atoms. The van der Waals surface area contributed by atoms with E-state index in [0.29, 0.717) is 6.42 Å². The Morgan fingerprint density at radius 1 is 0.941 bits per heavy atom. The maximum Gasteiger partial charge on any atom is 0.407 e. The van der Waals surface area contributed by atoms with Gasteiger partial charge in [-0.15, -0.1) is 0 Å². The molecule has 0 bridgehead atoms. The van der Waals surface area contributed by atoms with E-state index in [1.165, 1.54) is 0 Å². The molecule has 1 atom stereocenters. The maximum absolute atomic E-state index is 12.7. The number of ether oxygens (including phenoxy) is 1. The van der Waals surface area contributed by atoms with Gasteiger partial charge in [-0.25, -0.2) is 9.59 Å². The molecule has 1 aliphatic rings. The molecule has 34 heavy (non-hydrogen) atoms. The summed E-state index contributed by atoms with van der Waals surface area (Å²) < 4.78 is 5.53. The maximum atomic E-state index is 12.7. The van der Waals surface area contributed by atoms with Gasteiger partial charge in [0.15, 0.2) is 0 Å². The highest BCUT2D eigenvalue weighted by Gasteiger charge is 2.37. The number of hydrogen-bond acceptors (Lipinski definition) is 4. The number of alkyl carbamates (subject to hydrolysis) is 1. The molecule has 2 aromatic rings. The van der Waals surface area contributed by atoms with Gasteiger partial charge < -0.3 is 20.5 Å². The Hall–Kier alpha value is -3.35. The SMILES string of the molecule is CC(C)(CCNC(=O)OCC1c2ccccc2-c2ccccc21)C(=O)NC(C(=O)O)C(C)(C)C. The number of benzene rings is 2. The zero-order valence-corrected chi connectivity index (χ0v) is 20.5. The Morgan fingerprint density at radius 2 is 1.47 bits per heavy atom. The van der Waals surface area contributed by atoms with Crippen molar-refractivity contribution < 1.29 is 24.2 Å². The lowest BCUT2D eigenvalue weighted by Crippen LogP contribution is -2.53. The molecule has 0 fully saturated rings. The number of carbonyl (C=O) groups is 3. The van der Waals surface area contributed by atoms with Crippen molar-refractivity contribution in [1.82, 2.24) is 10.6 Å². The van der Waals surface area contributed by atoms with Crippen LogP contribution >= 0.6 is 0 Å². The minimum Gasteiger partial charge on any atom is -0.480 e. The number of nitrogens with one attached hydrogen (secondary N) is 2. The van der Waals surface area contributed by atoms with Gasteiger partial charge in [-0.05, 0) is 34.1 Å². The van der Waals surface area contributed by atoms with Crippen LogP contribution in [-0.2, 0) is 14.3 Å². The van der Waals surface area contributed by atoms with Crippen LogP contribution in [0.25, 0.3) is 11.1 Å². The van der Waals surface area contributed by atoms with Crippen LogP contribution in [0.1, 0.15) is 58.1 Å². The predicted octanol–water partition coefficient (Wildman–Crippen LogP) is 4.56. The standard InChI is InChI=1S/C27H34N2O5/c1-26(2,3)22(23(30)31)29-24(32)27(4,5)14-15-28-25(33)34-16-21-19-12-8-6-10-17(19)18-11-7-9-13-20(18)21/h6-13,21-22H,14-16H2,1-5H3,(H,28,33)(H,29,32)(H,30,31). The van der Waals surface area contributed by atoms with Crippen molar-refractivity contribution >= 4 is 18.0 Å². The van der Waals surface area contributed by atoms with Gasteiger partial charge in [-0.2, -0.15) is 0 Å². The van der Waals surface area contributed by atoms with E-state index in [-0.39, 0.29) is 25.0 Å². The number of rotatable bonds is 8. The van der Waals surface area contributed by atoms with Crippen molar-refractivity contribution in [3.8, 4) is 11.1 Å². The van der Waals surface area contributed by atoms with Crippen molar-refractivity contribution in [2.75, 3.05) is 13.2 Å². The Kier molecular flexibility index (Phi) is 7.34. The first-order valence-electron chi connectivity index (χ1n) is 11.5. The quantitative estimate of drug-likeness (QED) is 0.529. The molecule has 0 saturated carbocycles. The molecule has 0 heterocycles. The molecule has 3 N–H and O–H groups in total. The first-order chi connectivity index (χ1) is 15.9. The first-order valence-corrected chi connectivity index (χ1v) is 11.5. The average molecular weight is 467 g/mol. The molecule has 1 aliphatic carbocycles. The van der Waals surface area contributed by atoms with Crippen LogP contribution < -0.4 is 10.6 Å². The van der Waals surface area contributed by atoms with Gasteiger partial charge in [-0.1, -0.05) is 83.1 Å². The predicted molar refractivity (Wildman–Crippen MR) is 130 cm³/mol. The second-order valence-electron chi connectivity index (χ2n) is 10.5. The molecule has 2 amide bonds. The summed E-state index contributed by atoms with van der Waals surface area (Å²) in [5.41, 5.74) is 3.11. The highest BCUT2D eigenvalue weighted by molar-refractivity contribution is 5.87. The largest absolute Gasteiger partial charge is 0.480 e. The molecule has 1 unspecified atom stereocenters. The number of aliphatic carboxylic acids is 1. The molecule has 0 aliphatic heterocycles. The Bertz CT molecular complexity index is 1030. The fourth-order valence-corrected chi connectivity index (χ4v) is 4.22. The zero-order chi connectivity index (χ0) is 25.1. The summed E-state index contributed by atoms with van der Waals surface area (Å²) in [7, 11) is 0. The molecular formula is C27H34N2O5. The number of hydrogen-bond donors (Lipinski definition) is 3. The lowest BCUT2D eigenvalue weighted by Gasteiger charge is -2.32. The normalized spacial score (nSPS) is 14.0. The van der Waals surface area contributed by atoms with Gasteiger partial charge in [0.2, 0.25) is 5.91 Å². The van der Waals surface area contributed by atoms with Crippen molar-refractivity contribution in [2.45, 2.75) is 53.0 Å². The van der Waals surface area contributed by atoms with E-state index in [1.54, 1.807) is 34.6 Å². The average Bonchev–Trinajstić information content (AvgIpc) is 3.08. The third-order valence-electron chi connectivity index (χ3n) is 6.37. The highest BCUT2D eigenvalue weighted by Crippen LogP contribution is 2.44. The van der Waals surface area contributed by atoms with E-state index >= 15 is 0 Å². The molecule has 2 aromatic carbocycles. The molecule has 7 heteroatoms. The third kappa shape index (κ3) is 5.58. The second kappa shape index (κ2) is 9.87. The van der Waals surface area contributed by atoms with Crippen molar-refractivity contribution in [1.29, 1.82) is 0 Å². The van der Waals surface area contributed by atoms with Gasteiger partial charge in [0, 0.05) is 17.9 Å². The topological polar surface area (TPSA) is 105 Å². The Labute approximate surface area is 200 Å². The molecule has 0 aromatic heterocycles. The summed E-state index contributed by atoms with van der Waals surface area (Å²) in [6.45, 7) is 9.18. The number of carboxylic acids is 1. The van der Waals surface area contributed by atoms with E-state index < -0.39 is 28.9 Å². The summed E-state index contributed by atoms with van der Waals surface area (Å²) in [4.78, 5) is 36.6. The van der Waals surface area contributed by atoms with Crippen molar-refractivity contribution in [3.05, 3.63) is 59.7 Å². The van der Waals surface area contributed by atoms with Crippen LogP contribution in [0, 0.1) is 10.8 Å². The van der Waals surface area contributed by atoms with Crippen LogP contribution in [0.3, 0.4) is 0 Å². The Balaban J connectivity index is 1.52. The first kappa shape index (κ1) is 25.3. The highest BCUT2D eigenvalue weighted by atomic mass is 16.5. The van der Waals surface area contributed by atoms with Gasteiger partial charge in [-0.3, -0.25) is 4.79 Å². The molecule has 7 nitrogen and oxygen atoms in total. The van der Waals surface area contributed by atoms with E-state index in [1.807, 2.05) is 24.3 Å². The number of carbonyl (C=O) groups excluding carboxylic acids is 2. The Morgan fingerprint density at radius 3 is 1.97 bits per heavy atom. The summed E-state index contributed by atoms with van der Waals surface area (Å²) in [6, 6.07) is 15.3. The van der Waals surface area contributed by atoms with Gasteiger partial charge >= 0.3 is 12.1 Å².